The summed E-state index contributed by atoms with van der Waals surface area (Å²) < 4.78 is 35.2. The third-order valence-electron chi connectivity index (χ3n) is 3.34. The van der Waals surface area contributed by atoms with Gasteiger partial charge >= 0.3 is 0 Å². The minimum absolute atomic E-state index is 0.162. The molecule has 2 rings (SSSR count). The Labute approximate surface area is 152 Å². The predicted octanol–water partition coefficient (Wildman–Crippen LogP) is 1.12. The quantitative estimate of drug-likeness (QED) is 0.188. The Morgan fingerprint density at radius 3 is 2.50 bits per heavy atom. The summed E-state index contributed by atoms with van der Waals surface area (Å²) in [5, 5.41) is 14.0. The van der Waals surface area contributed by atoms with E-state index >= 15 is 0 Å². The largest absolute Gasteiger partial charge is 0.726 e. The van der Waals surface area contributed by atoms with E-state index < -0.39 is 10.4 Å². The Morgan fingerprint density at radius 1 is 1.38 bits per heavy atom. The maximum absolute atomic E-state index is 10.7. The van der Waals surface area contributed by atoms with E-state index in [9.17, 15) is 23.1 Å². The van der Waals surface area contributed by atoms with Crippen LogP contribution in [0.15, 0.2) is 36.9 Å². The first kappa shape index (κ1) is 21.5. The van der Waals surface area contributed by atoms with Gasteiger partial charge in [-0.15, -0.1) is 0 Å². The van der Waals surface area contributed by atoms with Crippen molar-refractivity contribution in [1.82, 2.24) is 4.57 Å². The molecule has 1 N–H and O–H groups in total. The van der Waals surface area contributed by atoms with Crippen LogP contribution >= 0.6 is 0 Å². The maximum atomic E-state index is 10.7. The first-order chi connectivity index (χ1) is 12.1. The van der Waals surface area contributed by atoms with Crippen LogP contribution in [-0.4, -0.2) is 36.1 Å². The average Bonchev–Trinajstić information content (AvgIpc) is 2.96. The van der Waals surface area contributed by atoms with Gasteiger partial charge in [0, 0.05) is 30.3 Å². The van der Waals surface area contributed by atoms with Gasteiger partial charge in [-0.2, -0.15) is 0 Å². The number of aryl methyl sites for hydroxylation is 3. The summed E-state index contributed by atoms with van der Waals surface area (Å²) in [6.07, 6.45) is 7.07. The molecule has 144 valence electrons. The molecular weight excluding hydrogens is 364 g/mol. The van der Waals surface area contributed by atoms with E-state index in [-0.39, 0.29) is 10.6 Å². The molecule has 0 saturated heterocycles. The zero-order valence-electron chi connectivity index (χ0n) is 14.8. The van der Waals surface area contributed by atoms with Crippen LogP contribution in [-0.2, 0) is 28.2 Å². The molecule has 0 fully saturated rings. The third-order valence-corrected chi connectivity index (χ3v) is 3.75. The Hall–Kier alpha value is -2.50. The molecule has 2 aromatic rings. The lowest BCUT2D eigenvalue weighted by molar-refractivity contribution is -0.671. The van der Waals surface area contributed by atoms with E-state index in [4.69, 9.17) is 0 Å². The van der Waals surface area contributed by atoms with Crippen molar-refractivity contribution in [3.63, 3.8) is 0 Å². The molecule has 1 aromatic heterocycles. The molecule has 0 radical (unpaired) electrons. The van der Waals surface area contributed by atoms with Crippen LogP contribution in [0.4, 0.5) is 11.4 Å². The van der Waals surface area contributed by atoms with Gasteiger partial charge in [-0.05, 0) is 19.1 Å². The molecule has 0 aliphatic rings. The van der Waals surface area contributed by atoms with Gasteiger partial charge in [0.05, 0.1) is 25.6 Å². The zero-order valence-corrected chi connectivity index (χ0v) is 15.6. The smallest absolute Gasteiger partial charge is 0.272 e. The fourth-order valence-corrected chi connectivity index (χ4v) is 2.10. The van der Waals surface area contributed by atoms with Gasteiger partial charge < -0.3 is 9.87 Å². The maximum Gasteiger partial charge on any atom is 0.272 e. The molecule has 0 aliphatic carbocycles. The third kappa shape index (κ3) is 8.05. The monoisotopic (exact) mass is 386 g/mol. The highest BCUT2D eigenvalue weighted by Crippen LogP contribution is 2.21. The molecule has 1 heterocycles. The van der Waals surface area contributed by atoms with Crippen molar-refractivity contribution in [3.05, 3.63) is 52.6 Å². The summed E-state index contributed by atoms with van der Waals surface area (Å²) in [6.45, 7) is 3.53. The lowest BCUT2D eigenvalue weighted by Crippen LogP contribution is -2.23. The van der Waals surface area contributed by atoms with E-state index in [0.717, 1.165) is 32.3 Å². The molecule has 1 aromatic carbocycles. The lowest BCUT2D eigenvalue weighted by Gasteiger charge is -2.06. The van der Waals surface area contributed by atoms with Gasteiger partial charge in [-0.1, -0.05) is 0 Å². The van der Waals surface area contributed by atoms with Gasteiger partial charge in [0.1, 0.15) is 12.4 Å². The molecule has 0 atom stereocenters. The Bertz CT molecular complexity index is 834. The molecule has 11 heteroatoms. The first-order valence-electron chi connectivity index (χ1n) is 7.63. The second-order valence-corrected chi connectivity index (χ2v) is 6.58. The normalized spacial score (nSPS) is 10.8. The number of hydrogen-bond acceptors (Lipinski definition) is 7. The highest BCUT2D eigenvalue weighted by molar-refractivity contribution is 7.80. The molecule has 26 heavy (non-hydrogen) atoms. The average molecular weight is 386 g/mol. The van der Waals surface area contributed by atoms with Crippen molar-refractivity contribution >= 4 is 21.8 Å². The second-order valence-electron chi connectivity index (χ2n) is 5.43. The number of benzene rings is 1. The molecular formula is C15H22N4O6S. The number of hydrogen-bond donors (Lipinski definition) is 1. The van der Waals surface area contributed by atoms with Gasteiger partial charge in [-0.25, -0.2) is 17.6 Å². The number of imidazole rings is 1. The van der Waals surface area contributed by atoms with Gasteiger partial charge in [0.25, 0.3) is 5.69 Å². The van der Waals surface area contributed by atoms with Crippen molar-refractivity contribution in [2.75, 3.05) is 19.0 Å². The topological polar surface area (TPSA) is 130 Å². The Kier molecular flexibility index (Phi) is 8.16. The second kappa shape index (κ2) is 9.85. The van der Waals surface area contributed by atoms with Crippen LogP contribution in [0.5, 0.6) is 0 Å². The number of aromatic nitrogens is 2. The predicted molar refractivity (Wildman–Crippen MR) is 93.3 cm³/mol. The Balaban J connectivity index is 0.000000487. The van der Waals surface area contributed by atoms with E-state index in [0.29, 0.717) is 5.56 Å². The minimum Gasteiger partial charge on any atom is -0.726 e. The van der Waals surface area contributed by atoms with Crippen LogP contribution < -0.4 is 9.88 Å². The summed E-state index contributed by atoms with van der Waals surface area (Å²) in [7, 11) is -1.61. The minimum atomic E-state index is -4.41. The van der Waals surface area contributed by atoms with E-state index in [2.05, 4.69) is 14.1 Å². The van der Waals surface area contributed by atoms with Crippen LogP contribution in [0.3, 0.4) is 0 Å². The highest BCUT2D eigenvalue weighted by Gasteiger charge is 2.09. The van der Waals surface area contributed by atoms with Crippen LogP contribution in [0.2, 0.25) is 0 Å². The van der Waals surface area contributed by atoms with E-state index in [1.165, 1.54) is 0 Å². The number of nitrogens with one attached hydrogen (secondary N) is 1. The molecule has 10 nitrogen and oxygen atoms in total. The van der Waals surface area contributed by atoms with Crippen LogP contribution in [0, 0.1) is 17.0 Å². The number of nitrogens with zero attached hydrogens (tertiary/aromatic N) is 3. The Morgan fingerprint density at radius 2 is 2.04 bits per heavy atom. The summed E-state index contributed by atoms with van der Waals surface area (Å²) in [4.78, 5) is 10.4. The lowest BCUT2D eigenvalue weighted by atomic mass is 10.2. The molecule has 0 unspecified atom stereocenters. The van der Waals surface area contributed by atoms with E-state index in [1.54, 1.807) is 19.1 Å². The van der Waals surface area contributed by atoms with Gasteiger partial charge in [0.15, 0.2) is 0 Å². The summed E-state index contributed by atoms with van der Waals surface area (Å²) in [6, 6.07) is 5.11. The fourth-order valence-electron chi connectivity index (χ4n) is 2.10. The highest BCUT2D eigenvalue weighted by atomic mass is 32.3. The zero-order chi connectivity index (χ0) is 19.7. The summed E-state index contributed by atoms with van der Waals surface area (Å²) in [5.41, 5.74) is 1.76. The number of anilines is 1. The molecule has 0 amide bonds. The summed E-state index contributed by atoms with van der Waals surface area (Å²) in [5.74, 6) is 0. The number of rotatable bonds is 7. The van der Waals surface area contributed by atoms with Crippen molar-refractivity contribution < 1.29 is 26.6 Å². The summed E-state index contributed by atoms with van der Waals surface area (Å²) >= 11 is 0. The molecule has 0 aliphatic heterocycles. The molecule has 0 spiro atoms. The van der Waals surface area contributed by atoms with Gasteiger partial charge in [0.2, 0.25) is 16.7 Å². The van der Waals surface area contributed by atoms with Crippen molar-refractivity contribution in [2.45, 2.75) is 19.9 Å². The van der Waals surface area contributed by atoms with Crippen molar-refractivity contribution in [2.24, 2.45) is 7.05 Å². The molecule has 0 bridgehead atoms. The van der Waals surface area contributed by atoms with E-state index in [1.807, 2.05) is 36.4 Å². The number of nitro groups is 1. The van der Waals surface area contributed by atoms with Crippen molar-refractivity contribution in [1.29, 1.82) is 0 Å². The van der Waals surface area contributed by atoms with Crippen LogP contribution in [0.1, 0.15) is 12.0 Å². The SMILES string of the molecule is COS(=O)(=O)[O-].Cc1cc(NCCCn2cc[n+](C)c2)ccc1[N+](=O)[O-]. The number of nitro benzene ring substituents is 1. The fraction of sp³-hybridized carbons (Fsp3) is 0.400. The van der Waals surface area contributed by atoms with Crippen LogP contribution in [0.25, 0.3) is 0 Å². The first-order valence-corrected chi connectivity index (χ1v) is 8.97. The molecule has 0 saturated carbocycles. The van der Waals surface area contributed by atoms with Crippen molar-refractivity contribution in [3.8, 4) is 0 Å². The standard InChI is InChI=1S/C14H19N4O2.CH4O4S/c1-12-10-13(4-5-14(12)18(19)20)15-6-3-7-17-9-8-16(2)11-17;1-5-6(2,3)4/h4-5,8-11,15H,3,6-7H2,1-2H3;1H3,(H,2,3,4)/q+1;/p-1. The van der Waals surface area contributed by atoms with Gasteiger partial charge in [-0.3, -0.25) is 14.3 Å².